The smallest absolute Gasteiger partial charge is 0.328 e. The van der Waals surface area contributed by atoms with E-state index in [1.165, 1.54) is 103 Å². The first-order chi connectivity index (χ1) is 15.2. The van der Waals surface area contributed by atoms with Gasteiger partial charge in [-0.1, -0.05) is 115 Å². The van der Waals surface area contributed by atoms with Gasteiger partial charge in [0.15, 0.2) is 0 Å². The van der Waals surface area contributed by atoms with Gasteiger partial charge in [0.25, 0.3) is 0 Å². The lowest BCUT2D eigenvalue weighted by atomic mass is 10.0. The second-order valence-corrected chi connectivity index (χ2v) is 9.18. The fraction of sp³-hybridized carbons (Fsp3) is 0.852. The first-order valence-electron chi connectivity index (χ1n) is 13.3. The monoisotopic (exact) mass is 435 g/mol. The molecule has 0 spiro atoms. The Morgan fingerprint density at radius 2 is 1.29 bits per heavy atom. The molecule has 1 fully saturated rings. The summed E-state index contributed by atoms with van der Waals surface area (Å²) in [5.74, 6) is -0.349. The summed E-state index contributed by atoms with van der Waals surface area (Å²) < 4.78 is 5.21. The molecule has 1 heterocycles. The molecule has 4 nitrogen and oxygen atoms in total. The minimum Gasteiger partial charge on any atom is -0.464 e. The third-order valence-electron chi connectivity index (χ3n) is 6.20. The maximum atomic E-state index is 11.7. The Morgan fingerprint density at radius 1 is 0.806 bits per heavy atom. The molecule has 4 heteroatoms. The zero-order chi connectivity index (χ0) is 22.4. The second-order valence-electron chi connectivity index (χ2n) is 9.18. The van der Waals surface area contributed by atoms with Crippen molar-refractivity contribution < 1.29 is 14.3 Å². The predicted molar refractivity (Wildman–Crippen MR) is 130 cm³/mol. The number of nitrogens with one attached hydrogen (secondary N) is 1. The third kappa shape index (κ3) is 17.0. The number of carbonyl (C=O) groups is 2. The standard InChI is InChI=1S/C27H49NO3/c1-2-3-4-5-6-7-8-9-10-11-12-13-14-15-16-17-18-19-20-21-24-31-27(30)25-22-23-26(29)28-25/h19-20,25H,2-18,21-24H2,1H3,(H,28,29)/b20-19+/t25-/m0/s1. The first-order valence-corrected chi connectivity index (χ1v) is 13.3. The molecule has 1 aliphatic heterocycles. The van der Waals surface area contributed by atoms with Gasteiger partial charge in [0, 0.05) is 6.42 Å². The maximum Gasteiger partial charge on any atom is 0.328 e. The number of unbranched alkanes of at least 4 members (excludes halogenated alkanes) is 16. The van der Waals surface area contributed by atoms with Crippen molar-refractivity contribution in [2.75, 3.05) is 6.61 Å². The molecule has 1 N–H and O–H groups in total. The number of hydrogen-bond acceptors (Lipinski definition) is 3. The maximum absolute atomic E-state index is 11.7. The van der Waals surface area contributed by atoms with Crippen LogP contribution >= 0.6 is 0 Å². The lowest BCUT2D eigenvalue weighted by molar-refractivity contribution is -0.146. The van der Waals surface area contributed by atoms with Crippen LogP contribution in [0.2, 0.25) is 0 Å². The lowest BCUT2D eigenvalue weighted by Crippen LogP contribution is -2.34. The van der Waals surface area contributed by atoms with E-state index in [9.17, 15) is 9.59 Å². The van der Waals surface area contributed by atoms with E-state index in [1.807, 2.05) is 0 Å². The molecule has 0 aromatic rings. The quantitative estimate of drug-likeness (QED) is 0.116. The van der Waals surface area contributed by atoms with Gasteiger partial charge in [-0.2, -0.15) is 0 Å². The van der Waals surface area contributed by atoms with Crippen LogP contribution in [-0.2, 0) is 14.3 Å². The van der Waals surface area contributed by atoms with Crippen molar-refractivity contribution in [1.29, 1.82) is 0 Å². The Morgan fingerprint density at radius 3 is 1.77 bits per heavy atom. The van der Waals surface area contributed by atoms with Crippen LogP contribution in [0, 0.1) is 0 Å². The minimum atomic E-state index is -0.429. The molecule has 1 rings (SSSR count). The van der Waals surface area contributed by atoms with E-state index in [1.54, 1.807) is 0 Å². The number of esters is 1. The molecule has 0 aliphatic carbocycles. The number of carbonyl (C=O) groups excluding carboxylic acids is 2. The number of amides is 1. The lowest BCUT2D eigenvalue weighted by Gasteiger charge is -2.08. The number of ether oxygens (including phenoxy) is 1. The average Bonchev–Trinajstić information content (AvgIpc) is 3.21. The summed E-state index contributed by atoms with van der Waals surface area (Å²) in [7, 11) is 0. The molecule has 1 amide bonds. The third-order valence-corrected chi connectivity index (χ3v) is 6.20. The Balaban J connectivity index is 1.73. The van der Waals surface area contributed by atoms with Crippen molar-refractivity contribution >= 4 is 11.9 Å². The van der Waals surface area contributed by atoms with Crippen LogP contribution in [0.4, 0.5) is 0 Å². The fourth-order valence-electron chi connectivity index (χ4n) is 4.17. The van der Waals surface area contributed by atoms with Crippen LogP contribution in [-0.4, -0.2) is 24.5 Å². The van der Waals surface area contributed by atoms with Gasteiger partial charge in [-0.3, -0.25) is 4.79 Å². The largest absolute Gasteiger partial charge is 0.464 e. The van der Waals surface area contributed by atoms with Crippen LogP contribution in [0.25, 0.3) is 0 Å². The van der Waals surface area contributed by atoms with E-state index in [4.69, 9.17) is 4.74 Å². The van der Waals surface area contributed by atoms with Gasteiger partial charge >= 0.3 is 5.97 Å². The van der Waals surface area contributed by atoms with Gasteiger partial charge in [0.1, 0.15) is 6.04 Å². The molecule has 1 atom stereocenters. The van der Waals surface area contributed by atoms with Gasteiger partial charge in [-0.05, 0) is 25.7 Å². The zero-order valence-electron chi connectivity index (χ0n) is 20.3. The summed E-state index contributed by atoms with van der Waals surface area (Å²) in [4.78, 5) is 22.8. The van der Waals surface area contributed by atoms with E-state index < -0.39 is 6.04 Å². The molecular formula is C27H49NO3. The van der Waals surface area contributed by atoms with Crippen molar-refractivity contribution in [3.8, 4) is 0 Å². The SMILES string of the molecule is CCCCCCCCCCCCCCCCCC/C=C/CCOC(=O)[C@@H]1CCC(=O)N1. The summed E-state index contributed by atoms with van der Waals surface area (Å²) >= 11 is 0. The van der Waals surface area contributed by atoms with Crippen LogP contribution < -0.4 is 5.32 Å². The molecule has 0 radical (unpaired) electrons. The van der Waals surface area contributed by atoms with Crippen LogP contribution in [0.5, 0.6) is 0 Å². The molecule has 0 unspecified atom stereocenters. The molecule has 0 saturated carbocycles. The van der Waals surface area contributed by atoms with Gasteiger partial charge in [-0.15, -0.1) is 0 Å². The molecule has 1 aliphatic rings. The molecule has 31 heavy (non-hydrogen) atoms. The van der Waals surface area contributed by atoms with Gasteiger partial charge < -0.3 is 10.1 Å². The fourth-order valence-corrected chi connectivity index (χ4v) is 4.17. The van der Waals surface area contributed by atoms with Gasteiger partial charge in [0.05, 0.1) is 6.61 Å². The second kappa shape index (κ2) is 20.6. The summed E-state index contributed by atoms with van der Waals surface area (Å²) in [5.41, 5.74) is 0. The van der Waals surface area contributed by atoms with Crippen molar-refractivity contribution in [1.82, 2.24) is 5.32 Å². The first kappa shape index (κ1) is 27.7. The van der Waals surface area contributed by atoms with Gasteiger partial charge in [-0.25, -0.2) is 4.79 Å². The highest BCUT2D eigenvalue weighted by molar-refractivity contribution is 5.87. The normalized spacial score (nSPS) is 16.2. The van der Waals surface area contributed by atoms with E-state index in [-0.39, 0.29) is 11.9 Å². The van der Waals surface area contributed by atoms with Gasteiger partial charge in [0.2, 0.25) is 5.91 Å². The molecular weight excluding hydrogens is 386 g/mol. The molecule has 1 saturated heterocycles. The zero-order valence-corrected chi connectivity index (χ0v) is 20.3. The van der Waals surface area contributed by atoms with Crippen molar-refractivity contribution in [2.45, 2.75) is 141 Å². The Bertz CT molecular complexity index is 475. The number of hydrogen-bond donors (Lipinski definition) is 1. The van der Waals surface area contributed by atoms with Crippen LogP contribution in [0.15, 0.2) is 12.2 Å². The topological polar surface area (TPSA) is 55.4 Å². The Labute approximate surface area is 192 Å². The van der Waals surface area contributed by atoms with E-state index in [0.29, 0.717) is 19.4 Å². The summed E-state index contributed by atoms with van der Waals surface area (Å²) in [6.45, 7) is 2.69. The molecule has 0 bridgehead atoms. The Kier molecular flexibility index (Phi) is 18.4. The molecule has 180 valence electrons. The Hall–Kier alpha value is -1.32. The predicted octanol–water partition coefficient (Wildman–Crippen LogP) is 7.41. The highest BCUT2D eigenvalue weighted by Gasteiger charge is 2.28. The highest BCUT2D eigenvalue weighted by Crippen LogP contribution is 2.14. The van der Waals surface area contributed by atoms with Crippen molar-refractivity contribution in [2.24, 2.45) is 0 Å². The molecule has 0 aromatic heterocycles. The average molecular weight is 436 g/mol. The van der Waals surface area contributed by atoms with E-state index in [0.717, 1.165) is 12.8 Å². The highest BCUT2D eigenvalue weighted by atomic mass is 16.5. The summed E-state index contributed by atoms with van der Waals surface area (Å²) in [6.07, 6.45) is 29.6. The van der Waals surface area contributed by atoms with Crippen LogP contribution in [0.1, 0.15) is 135 Å². The van der Waals surface area contributed by atoms with E-state index in [2.05, 4.69) is 24.4 Å². The summed E-state index contributed by atoms with van der Waals surface area (Å²) in [5, 5.41) is 2.64. The number of rotatable bonds is 21. The summed E-state index contributed by atoms with van der Waals surface area (Å²) in [6, 6.07) is -0.429. The van der Waals surface area contributed by atoms with E-state index >= 15 is 0 Å². The van der Waals surface area contributed by atoms with Crippen molar-refractivity contribution in [3.63, 3.8) is 0 Å². The molecule has 0 aromatic carbocycles. The number of allylic oxidation sites excluding steroid dienone is 1. The van der Waals surface area contributed by atoms with Crippen molar-refractivity contribution in [3.05, 3.63) is 12.2 Å². The minimum absolute atomic E-state index is 0.0550. The van der Waals surface area contributed by atoms with Crippen LogP contribution in [0.3, 0.4) is 0 Å².